The minimum atomic E-state index is -1.44. The molecule has 16 heavy (non-hydrogen) atoms. The number of aliphatic imine (C=N–C) groups is 1. The van der Waals surface area contributed by atoms with Crippen molar-refractivity contribution in [3.8, 4) is 0 Å². The number of primary amides is 1. The van der Waals surface area contributed by atoms with Gasteiger partial charge in [0, 0.05) is 13.0 Å². The van der Waals surface area contributed by atoms with Crippen LogP contribution in [0.15, 0.2) is 4.99 Å². The van der Waals surface area contributed by atoms with Crippen LogP contribution in [0.2, 0.25) is 0 Å². The first kappa shape index (κ1) is 13.0. The third kappa shape index (κ3) is 3.48. The van der Waals surface area contributed by atoms with E-state index in [-0.39, 0.29) is 6.42 Å². The number of rotatable bonds is 7. The fourth-order valence-corrected chi connectivity index (χ4v) is 1.81. The van der Waals surface area contributed by atoms with Crippen LogP contribution in [0.1, 0.15) is 39.0 Å². The number of nitrogens with two attached hydrogens (primary N) is 1. The molecular formula is C11H21N3O2. The highest BCUT2D eigenvalue weighted by molar-refractivity contribution is 5.92. The zero-order valence-electron chi connectivity index (χ0n) is 9.83. The molecule has 0 aromatic heterocycles. The number of nitrogens with one attached hydrogen (secondary N) is 1. The first-order valence-electron chi connectivity index (χ1n) is 5.88. The average molecular weight is 227 g/mol. The summed E-state index contributed by atoms with van der Waals surface area (Å²) in [6.07, 6.45) is 3.48. The molecule has 1 rings (SSSR count). The van der Waals surface area contributed by atoms with Crippen molar-refractivity contribution in [2.45, 2.75) is 44.6 Å². The zero-order chi connectivity index (χ0) is 12.0. The number of carbonyl (C=O) groups is 1. The zero-order valence-corrected chi connectivity index (χ0v) is 9.83. The van der Waals surface area contributed by atoms with Gasteiger partial charge in [0.25, 0.3) is 0 Å². The molecule has 0 aromatic carbocycles. The van der Waals surface area contributed by atoms with Gasteiger partial charge in [0.15, 0.2) is 0 Å². The summed E-state index contributed by atoms with van der Waals surface area (Å²) in [5.41, 5.74) is 3.82. The van der Waals surface area contributed by atoms with E-state index < -0.39 is 11.5 Å². The largest absolute Gasteiger partial charge is 0.380 e. The smallest absolute Gasteiger partial charge is 0.249 e. The molecule has 0 spiro atoms. The molecule has 4 N–H and O–H groups in total. The van der Waals surface area contributed by atoms with Crippen LogP contribution in [-0.2, 0) is 4.79 Å². The first-order valence-corrected chi connectivity index (χ1v) is 5.88. The van der Waals surface area contributed by atoms with Gasteiger partial charge >= 0.3 is 0 Å². The number of aliphatic hydroxyl groups is 1. The highest BCUT2D eigenvalue weighted by atomic mass is 16.3. The Morgan fingerprint density at radius 3 is 2.88 bits per heavy atom. The molecule has 1 atom stereocenters. The standard InChI is InChI=1S/C11H21N3O2/c1-2-3-4-5-11(16,10(12)15)8-9-13-6-7-14-9/h16H,2-8H2,1H3,(H2,12,15)(H,13,14). The number of hydrogen-bond acceptors (Lipinski definition) is 4. The number of nitrogens with zero attached hydrogens (tertiary/aromatic N) is 1. The first-order chi connectivity index (χ1) is 7.58. The van der Waals surface area contributed by atoms with E-state index in [2.05, 4.69) is 17.2 Å². The van der Waals surface area contributed by atoms with Crippen molar-refractivity contribution in [2.24, 2.45) is 10.7 Å². The lowest BCUT2D eigenvalue weighted by atomic mass is 9.91. The van der Waals surface area contributed by atoms with E-state index >= 15 is 0 Å². The topological polar surface area (TPSA) is 87.7 Å². The average Bonchev–Trinajstić information content (AvgIpc) is 2.70. The second-order valence-corrected chi connectivity index (χ2v) is 4.28. The van der Waals surface area contributed by atoms with Crippen molar-refractivity contribution in [1.82, 2.24) is 5.32 Å². The minimum Gasteiger partial charge on any atom is -0.380 e. The number of carbonyl (C=O) groups excluding carboxylic acids is 1. The Labute approximate surface area is 96.1 Å². The second kappa shape index (κ2) is 5.84. The normalized spacial score (nSPS) is 18.8. The predicted molar refractivity (Wildman–Crippen MR) is 63.2 cm³/mol. The summed E-state index contributed by atoms with van der Waals surface area (Å²) in [7, 11) is 0. The Balaban J connectivity index is 2.53. The quantitative estimate of drug-likeness (QED) is 0.542. The molecular weight excluding hydrogens is 206 g/mol. The van der Waals surface area contributed by atoms with Gasteiger partial charge in [-0.15, -0.1) is 0 Å². The summed E-state index contributed by atoms with van der Waals surface area (Å²) >= 11 is 0. The Bertz CT molecular complexity index is 278. The highest BCUT2D eigenvalue weighted by Crippen LogP contribution is 2.20. The van der Waals surface area contributed by atoms with Crippen LogP contribution >= 0.6 is 0 Å². The van der Waals surface area contributed by atoms with Crippen LogP contribution in [0.25, 0.3) is 0 Å². The summed E-state index contributed by atoms with van der Waals surface area (Å²) in [5.74, 6) is 0.0396. The molecule has 1 heterocycles. The fourth-order valence-electron chi connectivity index (χ4n) is 1.81. The number of unbranched alkanes of at least 4 members (excludes halogenated alkanes) is 2. The Kier molecular flexibility index (Phi) is 4.73. The Morgan fingerprint density at radius 1 is 1.62 bits per heavy atom. The molecule has 5 heteroatoms. The van der Waals surface area contributed by atoms with Crippen molar-refractivity contribution in [2.75, 3.05) is 13.1 Å². The van der Waals surface area contributed by atoms with Crippen LogP contribution in [0.4, 0.5) is 0 Å². The molecule has 1 aliphatic heterocycles. The lowest BCUT2D eigenvalue weighted by molar-refractivity contribution is -0.136. The van der Waals surface area contributed by atoms with Gasteiger partial charge in [-0.3, -0.25) is 9.79 Å². The summed E-state index contributed by atoms with van der Waals surface area (Å²) < 4.78 is 0. The van der Waals surface area contributed by atoms with Crippen molar-refractivity contribution < 1.29 is 9.90 Å². The minimum absolute atomic E-state index is 0.214. The molecule has 0 saturated heterocycles. The number of amides is 1. The SMILES string of the molecule is CCCCCC(O)(CC1=NCCN1)C(N)=O. The number of amidine groups is 1. The second-order valence-electron chi connectivity index (χ2n) is 4.28. The molecule has 0 bridgehead atoms. The summed E-state index contributed by atoms with van der Waals surface area (Å²) in [6, 6.07) is 0. The molecule has 0 fully saturated rings. The maximum atomic E-state index is 11.3. The highest BCUT2D eigenvalue weighted by Gasteiger charge is 2.35. The van der Waals surface area contributed by atoms with E-state index in [4.69, 9.17) is 5.73 Å². The van der Waals surface area contributed by atoms with E-state index in [1.54, 1.807) is 0 Å². The monoisotopic (exact) mass is 227 g/mol. The van der Waals surface area contributed by atoms with Gasteiger partial charge in [0.05, 0.1) is 12.4 Å². The van der Waals surface area contributed by atoms with E-state index in [1.165, 1.54) is 0 Å². The Morgan fingerprint density at radius 2 is 2.38 bits per heavy atom. The van der Waals surface area contributed by atoms with Gasteiger partial charge in [0.1, 0.15) is 5.60 Å². The summed E-state index contributed by atoms with van der Waals surface area (Å²) in [6.45, 7) is 3.56. The molecule has 0 radical (unpaired) electrons. The van der Waals surface area contributed by atoms with Gasteiger partial charge in [-0.1, -0.05) is 26.2 Å². The Hall–Kier alpha value is -1.10. The van der Waals surface area contributed by atoms with Gasteiger partial charge in [-0.25, -0.2) is 0 Å². The van der Waals surface area contributed by atoms with Crippen LogP contribution in [0, 0.1) is 0 Å². The molecule has 5 nitrogen and oxygen atoms in total. The van der Waals surface area contributed by atoms with Gasteiger partial charge in [0.2, 0.25) is 5.91 Å². The van der Waals surface area contributed by atoms with Gasteiger partial charge in [-0.2, -0.15) is 0 Å². The van der Waals surface area contributed by atoms with Crippen molar-refractivity contribution in [3.05, 3.63) is 0 Å². The maximum absolute atomic E-state index is 11.3. The molecule has 92 valence electrons. The van der Waals surface area contributed by atoms with Gasteiger partial charge < -0.3 is 16.2 Å². The van der Waals surface area contributed by atoms with Crippen LogP contribution in [0.5, 0.6) is 0 Å². The van der Waals surface area contributed by atoms with Crippen LogP contribution < -0.4 is 11.1 Å². The van der Waals surface area contributed by atoms with Crippen LogP contribution in [-0.4, -0.2) is 35.5 Å². The lowest BCUT2D eigenvalue weighted by Gasteiger charge is -2.24. The molecule has 0 aliphatic carbocycles. The van der Waals surface area contributed by atoms with E-state index in [0.29, 0.717) is 18.8 Å². The van der Waals surface area contributed by atoms with Crippen molar-refractivity contribution in [1.29, 1.82) is 0 Å². The van der Waals surface area contributed by atoms with E-state index in [1.807, 2.05) is 0 Å². The van der Waals surface area contributed by atoms with Crippen molar-refractivity contribution in [3.63, 3.8) is 0 Å². The van der Waals surface area contributed by atoms with Crippen LogP contribution in [0.3, 0.4) is 0 Å². The molecule has 0 saturated carbocycles. The maximum Gasteiger partial charge on any atom is 0.249 e. The van der Waals surface area contributed by atoms with E-state index in [0.717, 1.165) is 25.8 Å². The summed E-state index contributed by atoms with van der Waals surface area (Å²) in [4.78, 5) is 15.5. The van der Waals surface area contributed by atoms with Crippen molar-refractivity contribution >= 4 is 11.7 Å². The third-order valence-corrected chi connectivity index (χ3v) is 2.86. The number of hydrogen-bond donors (Lipinski definition) is 3. The summed E-state index contributed by atoms with van der Waals surface area (Å²) in [5, 5.41) is 13.2. The molecule has 1 unspecified atom stereocenters. The molecule has 0 aromatic rings. The third-order valence-electron chi connectivity index (χ3n) is 2.86. The fraction of sp³-hybridized carbons (Fsp3) is 0.818. The lowest BCUT2D eigenvalue weighted by Crippen LogP contribution is -2.47. The molecule has 1 amide bonds. The predicted octanol–water partition coefficient (Wildman–Crippen LogP) is 0.175. The van der Waals surface area contributed by atoms with E-state index in [9.17, 15) is 9.90 Å². The molecule has 1 aliphatic rings. The van der Waals surface area contributed by atoms with Gasteiger partial charge in [-0.05, 0) is 6.42 Å².